The second-order valence-corrected chi connectivity index (χ2v) is 8.16. The fraction of sp³-hybridized carbons (Fsp3) is 0.350. The predicted octanol–water partition coefficient (Wildman–Crippen LogP) is 2.53. The number of fused-ring (bicyclic) bond motifs is 1. The molecule has 0 saturated heterocycles. The molecule has 29 heavy (non-hydrogen) atoms. The van der Waals surface area contributed by atoms with E-state index in [-0.39, 0.29) is 17.2 Å². The largest absolute Gasteiger partial charge is 0.495 e. The quantitative estimate of drug-likeness (QED) is 0.635. The minimum atomic E-state index is -4.13. The number of anilines is 1. The van der Waals surface area contributed by atoms with E-state index in [9.17, 15) is 13.2 Å². The number of nitrogens with zero attached hydrogens (tertiary/aromatic N) is 1. The van der Waals surface area contributed by atoms with Crippen LogP contribution in [0.1, 0.15) is 12.5 Å². The van der Waals surface area contributed by atoms with Gasteiger partial charge in [-0.2, -0.15) is 0 Å². The SMILES string of the molecule is CCOC(=O)CN(c1cc(C)ccc1OC)S(=O)(=O)c1ccc2c(c1)OCCO2. The summed E-state index contributed by atoms with van der Waals surface area (Å²) in [4.78, 5) is 12.2. The van der Waals surface area contributed by atoms with Crippen LogP contribution >= 0.6 is 0 Å². The fourth-order valence-corrected chi connectivity index (χ4v) is 4.36. The van der Waals surface area contributed by atoms with Gasteiger partial charge in [0.05, 0.1) is 24.3 Å². The Morgan fingerprint density at radius 2 is 1.83 bits per heavy atom. The van der Waals surface area contributed by atoms with Crippen LogP contribution in [0.25, 0.3) is 0 Å². The van der Waals surface area contributed by atoms with Crippen LogP contribution in [0.4, 0.5) is 5.69 Å². The first-order chi connectivity index (χ1) is 13.9. The standard InChI is InChI=1S/C20H23NO7S/c1-4-26-20(22)13-21(16-11-14(2)5-7-17(16)25-3)29(23,24)15-6-8-18-19(12-15)28-10-9-27-18/h5-8,11-12H,4,9-10,13H2,1-3H3. The van der Waals surface area contributed by atoms with Crippen LogP contribution in [-0.4, -0.2) is 47.9 Å². The summed E-state index contributed by atoms with van der Waals surface area (Å²) < 4.78 is 49.3. The minimum Gasteiger partial charge on any atom is -0.495 e. The molecule has 156 valence electrons. The Labute approximate surface area is 170 Å². The van der Waals surface area contributed by atoms with Crippen molar-refractivity contribution in [2.75, 3.05) is 37.8 Å². The van der Waals surface area contributed by atoms with Crippen molar-refractivity contribution < 1.29 is 32.2 Å². The Kier molecular flexibility index (Phi) is 6.17. The molecule has 9 heteroatoms. The van der Waals surface area contributed by atoms with Gasteiger partial charge in [-0.25, -0.2) is 8.42 Å². The van der Waals surface area contributed by atoms with Gasteiger partial charge in [0, 0.05) is 6.07 Å². The van der Waals surface area contributed by atoms with Gasteiger partial charge < -0.3 is 18.9 Å². The molecule has 0 saturated carbocycles. The van der Waals surface area contributed by atoms with Crippen LogP contribution in [0.15, 0.2) is 41.3 Å². The van der Waals surface area contributed by atoms with E-state index < -0.39 is 22.5 Å². The maximum absolute atomic E-state index is 13.5. The van der Waals surface area contributed by atoms with Gasteiger partial charge in [-0.3, -0.25) is 9.10 Å². The summed E-state index contributed by atoms with van der Waals surface area (Å²) in [6.45, 7) is 3.85. The van der Waals surface area contributed by atoms with Crippen molar-refractivity contribution in [1.29, 1.82) is 0 Å². The van der Waals surface area contributed by atoms with E-state index in [1.807, 2.05) is 6.92 Å². The van der Waals surface area contributed by atoms with E-state index in [0.717, 1.165) is 9.87 Å². The van der Waals surface area contributed by atoms with Gasteiger partial charge >= 0.3 is 5.97 Å². The first-order valence-electron chi connectivity index (χ1n) is 9.09. The van der Waals surface area contributed by atoms with Crippen LogP contribution < -0.4 is 18.5 Å². The van der Waals surface area contributed by atoms with Gasteiger partial charge in [0.2, 0.25) is 0 Å². The van der Waals surface area contributed by atoms with Crippen molar-refractivity contribution in [3.63, 3.8) is 0 Å². The molecule has 1 aliphatic heterocycles. The van der Waals surface area contributed by atoms with Crippen molar-refractivity contribution in [3.8, 4) is 17.2 Å². The van der Waals surface area contributed by atoms with Gasteiger partial charge in [0.15, 0.2) is 11.5 Å². The van der Waals surface area contributed by atoms with E-state index in [2.05, 4.69) is 0 Å². The number of ether oxygens (including phenoxy) is 4. The Hall–Kier alpha value is -2.94. The number of carbonyl (C=O) groups excluding carboxylic acids is 1. The van der Waals surface area contributed by atoms with Crippen LogP contribution in [0.3, 0.4) is 0 Å². The number of benzene rings is 2. The van der Waals surface area contributed by atoms with Crippen LogP contribution in [0, 0.1) is 6.92 Å². The molecule has 0 bridgehead atoms. The highest BCUT2D eigenvalue weighted by molar-refractivity contribution is 7.92. The zero-order chi connectivity index (χ0) is 21.0. The molecule has 2 aromatic carbocycles. The maximum Gasteiger partial charge on any atom is 0.326 e. The number of hydrogen-bond donors (Lipinski definition) is 0. The van der Waals surface area contributed by atoms with Gasteiger partial charge in [0.1, 0.15) is 25.5 Å². The van der Waals surface area contributed by atoms with Crippen molar-refractivity contribution >= 4 is 21.7 Å². The number of methoxy groups -OCH3 is 1. The molecule has 2 aromatic rings. The summed E-state index contributed by atoms with van der Waals surface area (Å²) >= 11 is 0. The zero-order valence-electron chi connectivity index (χ0n) is 16.5. The van der Waals surface area contributed by atoms with E-state index in [4.69, 9.17) is 18.9 Å². The maximum atomic E-state index is 13.5. The van der Waals surface area contributed by atoms with E-state index >= 15 is 0 Å². The Bertz CT molecular complexity index is 1000. The van der Waals surface area contributed by atoms with E-state index in [1.54, 1.807) is 25.1 Å². The lowest BCUT2D eigenvalue weighted by Crippen LogP contribution is -2.37. The number of aryl methyl sites for hydroxylation is 1. The number of esters is 1. The van der Waals surface area contributed by atoms with Crippen molar-refractivity contribution in [3.05, 3.63) is 42.0 Å². The summed E-state index contributed by atoms with van der Waals surface area (Å²) in [5.74, 6) is 0.461. The molecule has 0 aliphatic carbocycles. The van der Waals surface area contributed by atoms with Crippen LogP contribution in [0.2, 0.25) is 0 Å². The molecule has 0 radical (unpaired) electrons. The molecule has 0 N–H and O–H groups in total. The lowest BCUT2D eigenvalue weighted by Gasteiger charge is -2.26. The molecule has 8 nitrogen and oxygen atoms in total. The van der Waals surface area contributed by atoms with Crippen molar-refractivity contribution in [2.45, 2.75) is 18.7 Å². The Balaban J connectivity index is 2.10. The number of hydrogen-bond acceptors (Lipinski definition) is 7. The van der Waals surface area contributed by atoms with Crippen LogP contribution in [-0.2, 0) is 19.6 Å². The van der Waals surface area contributed by atoms with E-state index in [1.165, 1.54) is 25.3 Å². The summed E-state index contributed by atoms with van der Waals surface area (Å²) in [5, 5.41) is 0. The lowest BCUT2D eigenvalue weighted by molar-refractivity contribution is -0.141. The highest BCUT2D eigenvalue weighted by Crippen LogP contribution is 2.37. The summed E-state index contributed by atoms with van der Waals surface area (Å²) in [7, 11) is -2.70. The third-order valence-corrected chi connectivity index (χ3v) is 6.04. The molecule has 0 amide bonds. The highest BCUT2D eigenvalue weighted by Gasteiger charge is 2.31. The lowest BCUT2D eigenvalue weighted by atomic mass is 10.2. The van der Waals surface area contributed by atoms with Crippen molar-refractivity contribution in [1.82, 2.24) is 0 Å². The van der Waals surface area contributed by atoms with E-state index in [0.29, 0.717) is 30.5 Å². The normalized spacial score (nSPS) is 12.9. The number of rotatable bonds is 7. The van der Waals surface area contributed by atoms with Gasteiger partial charge in [-0.15, -0.1) is 0 Å². The predicted molar refractivity (Wildman–Crippen MR) is 106 cm³/mol. The summed E-state index contributed by atoms with van der Waals surface area (Å²) in [6, 6.07) is 9.45. The molecule has 3 rings (SSSR count). The van der Waals surface area contributed by atoms with Crippen LogP contribution in [0.5, 0.6) is 17.2 Å². The first-order valence-corrected chi connectivity index (χ1v) is 10.5. The molecular weight excluding hydrogens is 398 g/mol. The second kappa shape index (κ2) is 8.60. The minimum absolute atomic E-state index is 0.0328. The summed E-state index contributed by atoms with van der Waals surface area (Å²) in [6.07, 6.45) is 0. The monoisotopic (exact) mass is 421 g/mol. The average Bonchev–Trinajstić information content (AvgIpc) is 2.71. The average molecular weight is 421 g/mol. The molecule has 0 atom stereocenters. The molecule has 0 spiro atoms. The van der Waals surface area contributed by atoms with Gasteiger partial charge in [-0.05, 0) is 43.7 Å². The second-order valence-electron chi connectivity index (χ2n) is 6.30. The summed E-state index contributed by atoms with van der Waals surface area (Å²) in [5.41, 5.74) is 1.06. The first kappa shape index (κ1) is 20.8. The number of carbonyl (C=O) groups is 1. The smallest absolute Gasteiger partial charge is 0.326 e. The third kappa shape index (κ3) is 4.40. The molecular formula is C20H23NO7S. The molecule has 0 fully saturated rings. The molecule has 0 aromatic heterocycles. The molecule has 1 aliphatic rings. The molecule has 1 heterocycles. The van der Waals surface area contributed by atoms with Gasteiger partial charge in [-0.1, -0.05) is 6.07 Å². The zero-order valence-corrected chi connectivity index (χ0v) is 17.3. The van der Waals surface area contributed by atoms with Crippen molar-refractivity contribution in [2.24, 2.45) is 0 Å². The topological polar surface area (TPSA) is 91.4 Å². The third-order valence-electron chi connectivity index (χ3n) is 4.28. The highest BCUT2D eigenvalue weighted by atomic mass is 32.2. The molecule has 0 unspecified atom stereocenters. The fourth-order valence-electron chi connectivity index (χ4n) is 2.93. The Morgan fingerprint density at radius 1 is 1.10 bits per heavy atom. The number of sulfonamides is 1. The Morgan fingerprint density at radius 3 is 2.52 bits per heavy atom. The van der Waals surface area contributed by atoms with Gasteiger partial charge in [0.25, 0.3) is 10.0 Å².